The van der Waals surface area contributed by atoms with E-state index in [-0.39, 0.29) is 5.54 Å². The van der Waals surface area contributed by atoms with Crippen LogP contribution >= 0.6 is 0 Å². The minimum Gasteiger partial charge on any atom is -0.309 e. The highest BCUT2D eigenvalue weighted by Gasteiger charge is 2.45. The van der Waals surface area contributed by atoms with Gasteiger partial charge in [-0.25, -0.2) is 0 Å². The summed E-state index contributed by atoms with van der Waals surface area (Å²) in [6, 6.07) is 10.9. The summed E-state index contributed by atoms with van der Waals surface area (Å²) in [4.78, 5) is 2.80. The molecule has 2 aliphatic rings. The first-order valence-electron chi connectivity index (χ1n) is 8.14. The molecule has 0 bridgehead atoms. The molecule has 110 valence electrons. The third-order valence-electron chi connectivity index (χ3n) is 5.20. The Kier molecular flexibility index (Phi) is 3.87. The van der Waals surface area contributed by atoms with E-state index in [1.807, 2.05) is 0 Å². The van der Waals surface area contributed by atoms with Gasteiger partial charge in [-0.1, -0.05) is 43.2 Å². The van der Waals surface area contributed by atoms with Gasteiger partial charge in [0.05, 0.1) is 0 Å². The number of piperazine rings is 1. The lowest BCUT2D eigenvalue weighted by molar-refractivity contribution is 0.0199. The summed E-state index contributed by atoms with van der Waals surface area (Å²) in [6.45, 7) is 8.23. The van der Waals surface area contributed by atoms with Gasteiger partial charge in [0.15, 0.2) is 0 Å². The van der Waals surface area contributed by atoms with E-state index in [9.17, 15) is 0 Å². The van der Waals surface area contributed by atoms with E-state index in [0.29, 0.717) is 5.54 Å². The molecule has 1 aromatic carbocycles. The van der Waals surface area contributed by atoms with Crippen molar-refractivity contribution in [2.75, 3.05) is 19.6 Å². The molecule has 0 radical (unpaired) electrons. The van der Waals surface area contributed by atoms with E-state index in [1.54, 1.807) is 0 Å². The normalized spacial score (nSPS) is 25.1. The lowest BCUT2D eigenvalue weighted by Crippen LogP contribution is -2.67. The fourth-order valence-corrected chi connectivity index (χ4v) is 3.97. The van der Waals surface area contributed by atoms with Gasteiger partial charge in [-0.05, 0) is 38.7 Å². The van der Waals surface area contributed by atoms with Crippen LogP contribution < -0.4 is 5.32 Å². The summed E-state index contributed by atoms with van der Waals surface area (Å²) in [5.74, 6) is 0. The van der Waals surface area contributed by atoms with Crippen LogP contribution in [0.15, 0.2) is 30.3 Å². The third-order valence-corrected chi connectivity index (χ3v) is 5.20. The van der Waals surface area contributed by atoms with Crippen molar-refractivity contribution in [3.05, 3.63) is 35.9 Å². The third kappa shape index (κ3) is 2.91. The Morgan fingerprint density at radius 1 is 1.10 bits per heavy atom. The smallest absolute Gasteiger partial charge is 0.0335 e. The molecule has 2 heteroatoms. The minimum atomic E-state index is 0.254. The van der Waals surface area contributed by atoms with Crippen LogP contribution in [-0.2, 0) is 6.42 Å². The molecule has 1 aliphatic heterocycles. The Balaban J connectivity index is 1.70. The minimum absolute atomic E-state index is 0.254. The maximum Gasteiger partial charge on any atom is 0.0335 e. The molecule has 0 aromatic heterocycles. The van der Waals surface area contributed by atoms with Gasteiger partial charge in [0.1, 0.15) is 0 Å². The van der Waals surface area contributed by atoms with Gasteiger partial charge in [0, 0.05) is 30.7 Å². The van der Waals surface area contributed by atoms with Crippen molar-refractivity contribution in [3.63, 3.8) is 0 Å². The number of rotatable bonds is 3. The Hall–Kier alpha value is -0.860. The van der Waals surface area contributed by atoms with Crippen LogP contribution in [0.3, 0.4) is 0 Å². The molecule has 1 spiro atoms. The van der Waals surface area contributed by atoms with Crippen LogP contribution in [0.4, 0.5) is 0 Å². The SMILES string of the molecule is CC1(C)CN(CCc2ccccc2)C2(CCCC2)CN1. The Bertz CT molecular complexity index is 432. The first-order chi connectivity index (χ1) is 9.60. The van der Waals surface area contributed by atoms with Crippen LogP contribution in [0.5, 0.6) is 0 Å². The number of nitrogens with one attached hydrogen (secondary N) is 1. The van der Waals surface area contributed by atoms with Crippen molar-refractivity contribution in [2.24, 2.45) is 0 Å². The molecule has 1 saturated carbocycles. The molecule has 1 N–H and O–H groups in total. The molecular formula is C18H28N2. The Labute approximate surface area is 123 Å². The van der Waals surface area contributed by atoms with E-state index in [0.717, 1.165) is 0 Å². The predicted octanol–water partition coefficient (Wildman–Crippen LogP) is 3.23. The van der Waals surface area contributed by atoms with Gasteiger partial charge in [-0.3, -0.25) is 4.90 Å². The van der Waals surface area contributed by atoms with E-state index < -0.39 is 0 Å². The fourth-order valence-electron chi connectivity index (χ4n) is 3.97. The first kappa shape index (κ1) is 14.1. The van der Waals surface area contributed by atoms with Gasteiger partial charge >= 0.3 is 0 Å². The second-order valence-corrected chi connectivity index (χ2v) is 7.33. The molecule has 20 heavy (non-hydrogen) atoms. The highest BCUT2D eigenvalue weighted by Crippen LogP contribution is 2.38. The first-order valence-corrected chi connectivity index (χ1v) is 8.14. The maximum atomic E-state index is 3.78. The van der Waals surface area contributed by atoms with Crippen LogP contribution in [0.25, 0.3) is 0 Å². The van der Waals surface area contributed by atoms with E-state index in [1.165, 1.54) is 57.3 Å². The highest BCUT2D eigenvalue weighted by atomic mass is 15.3. The van der Waals surface area contributed by atoms with Crippen LogP contribution in [-0.4, -0.2) is 35.6 Å². The molecule has 2 nitrogen and oxygen atoms in total. The molecule has 1 aliphatic carbocycles. The van der Waals surface area contributed by atoms with E-state index in [2.05, 4.69) is 54.4 Å². The zero-order valence-corrected chi connectivity index (χ0v) is 13.0. The molecule has 0 amide bonds. The van der Waals surface area contributed by atoms with Gasteiger partial charge < -0.3 is 5.32 Å². The van der Waals surface area contributed by atoms with E-state index >= 15 is 0 Å². The van der Waals surface area contributed by atoms with Crippen molar-refractivity contribution < 1.29 is 0 Å². The van der Waals surface area contributed by atoms with Crippen LogP contribution in [0, 0.1) is 0 Å². The van der Waals surface area contributed by atoms with Crippen LogP contribution in [0.1, 0.15) is 45.1 Å². The molecule has 0 unspecified atom stereocenters. The topological polar surface area (TPSA) is 15.3 Å². The molecule has 3 rings (SSSR count). The maximum absolute atomic E-state index is 3.78. The molecule has 1 saturated heterocycles. The second-order valence-electron chi connectivity index (χ2n) is 7.33. The summed E-state index contributed by atoms with van der Waals surface area (Å²) in [6.07, 6.45) is 6.75. The lowest BCUT2D eigenvalue weighted by Gasteiger charge is -2.51. The van der Waals surface area contributed by atoms with Crippen molar-refractivity contribution in [1.29, 1.82) is 0 Å². The molecular weight excluding hydrogens is 244 g/mol. The fraction of sp³-hybridized carbons (Fsp3) is 0.667. The summed E-state index contributed by atoms with van der Waals surface area (Å²) < 4.78 is 0. The van der Waals surface area contributed by atoms with Crippen molar-refractivity contribution in [2.45, 2.75) is 57.0 Å². The summed E-state index contributed by atoms with van der Waals surface area (Å²) in [5, 5.41) is 3.78. The number of hydrogen-bond donors (Lipinski definition) is 1. The van der Waals surface area contributed by atoms with Gasteiger partial charge in [-0.2, -0.15) is 0 Å². The van der Waals surface area contributed by atoms with Crippen molar-refractivity contribution >= 4 is 0 Å². The van der Waals surface area contributed by atoms with E-state index in [4.69, 9.17) is 0 Å². The zero-order valence-electron chi connectivity index (χ0n) is 13.0. The molecule has 2 fully saturated rings. The average Bonchev–Trinajstić information content (AvgIpc) is 2.91. The standard InChI is InChI=1S/C18H28N2/c1-17(2)15-20(13-10-16-8-4-3-5-9-16)18(14-19-17)11-6-7-12-18/h3-5,8-9,19H,6-7,10-15H2,1-2H3. The molecule has 1 aromatic rings. The molecule has 0 atom stereocenters. The Morgan fingerprint density at radius 2 is 1.80 bits per heavy atom. The van der Waals surface area contributed by atoms with Gasteiger partial charge in [0.25, 0.3) is 0 Å². The number of hydrogen-bond acceptors (Lipinski definition) is 2. The zero-order chi connectivity index (χ0) is 14.1. The quantitative estimate of drug-likeness (QED) is 0.909. The van der Waals surface area contributed by atoms with Gasteiger partial charge in [0.2, 0.25) is 0 Å². The second kappa shape index (κ2) is 5.50. The van der Waals surface area contributed by atoms with Crippen molar-refractivity contribution in [1.82, 2.24) is 10.2 Å². The average molecular weight is 272 g/mol. The van der Waals surface area contributed by atoms with Crippen LogP contribution in [0.2, 0.25) is 0 Å². The summed E-state index contributed by atoms with van der Waals surface area (Å²) in [5.41, 5.74) is 2.17. The number of benzene rings is 1. The highest BCUT2D eigenvalue weighted by molar-refractivity contribution is 5.15. The summed E-state index contributed by atoms with van der Waals surface area (Å²) >= 11 is 0. The van der Waals surface area contributed by atoms with Gasteiger partial charge in [-0.15, -0.1) is 0 Å². The predicted molar refractivity (Wildman–Crippen MR) is 85.0 cm³/mol. The lowest BCUT2D eigenvalue weighted by atomic mass is 9.86. The molecule has 1 heterocycles. The van der Waals surface area contributed by atoms with Crippen molar-refractivity contribution in [3.8, 4) is 0 Å². The largest absolute Gasteiger partial charge is 0.309 e. The summed E-state index contributed by atoms with van der Waals surface area (Å²) in [7, 11) is 0. The monoisotopic (exact) mass is 272 g/mol. The Morgan fingerprint density at radius 3 is 2.50 bits per heavy atom. The number of nitrogens with zero attached hydrogens (tertiary/aromatic N) is 1.